The van der Waals surface area contributed by atoms with Crippen molar-refractivity contribution >= 4 is 64.9 Å². The summed E-state index contributed by atoms with van der Waals surface area (Å²) in [6, 6.07) is 9.17. The molecule has 0 unspecified atom stereocenters. The summed E-state index contributed by atoms with van der Waals surface area (Å²) < 4.78 is 27.5. The van der Waals surface area contributed by atoms with Gasteiger partial charge in [-0.2, -0.15) is 33.7 Å². The van der Waals surface area contributed by atoms with Gasteiger partial charge in [-0.25, -0.2) is 0 Å². The van der Waals surface area contributed by atoms with E-state index >= 15 is 0 Å². The van der Waals surface area contributed by atoms with Gasteiger partial charge in [-0.15, -0.1) is 0 Å². The van der Waals surface area contributed by atoms with Crippen LogP contribution in [0.5, 0.6) is 0 Å². The van der Waals surface area contributed by atoms with E-state index in [0.29, 0.717) is 6.42 Å². The van der Waals surface area contributed by atoms with Gasteiger partial charge in [-0.05, 0) is 12.0 Å². The first-order chi connectivity index (χ1) is 7.49. The van der Waals surface area contributed by atoms with Crippen LogP contribution in [0.25, 0.3) is 0 Å². The van der Waals surface area contributed by atoms with E-state index in [1.165, 1.54) is 0 Å². The van der Waals surface area contributed by atoms with Crippen LogP contribution in [-0.4, -0.2) is 48.3 Å². The number of thiol groups is 2. The van der Waals surface area contributed by atoms with Gasteiger partial charge in [-0.3, -0.25) is 4.18 Å². The monoisotopic (exact) mass is 302 g/mol. The van der Waals surface area contributed by atoms with Crippen LogP contribution >= 0.6 is 25.3 Å². The average molecular weight is 302 g/mol. The van der Waals surface area contributed by atoms with E-state index in [4.69, 9.17) is 4.18 Å². The summed E-state index contributed by atoms with van der Waals surface area (Å²) >= 11 is 7.98. The molecule has 0 spiro atoms. The van der Waals surface area contributed by atoms with E-state index in [2.05, 4.69) is 25.3 Å². The Bertz CT molecular complexity index is 406. The van der Waals surface area contributed by atoms with Crippen molar-refractivity contribution in [2.75, 3.05) is 5.75 Å². The first-order valence-corrected chi connectivity index (χ1v) is 7.38. The maximum atomic E-state index is 11.4. The molecular weight excluding hydrogens is 287 g/mol. The van der Waals surface area contributed by atoms with Crippen molar-refractivity contribution in [2.45, 2.75) is 17.6 Å². The van der Waals surface area contributed by atoms with Gasteiger partial charge in [0.25, 0.3) is 10.1 Å². The van der Waals surface area contributed by atoms with E-state index in [9.17, 15) is 8.42 Å². The van der Waals surface area contributed by atoms with Gasteiger partial charge in [-0.1, -0.05) is 30.3 Å². The number of benzene rings is 1. The van der Waals surface area contributed by atoms with Crippen LogP contribution in [0.1, 0.15) is 12.0 Å². The summed E-state index contributed by atoms with van der Waals surface area (Å²) in [5.41, 5.74) is 0.833. The second-order valence-corrected chi connectivity index (χ2v) is 6.69. The number of rotatable bonds is 6. The molecular formula is C10H15NaO3S3. The van der Waals surface area contributed by atoms with Crippen LogP contribution in [0.3, 0.4) is 0 Å². The van der Waals surface area contributed by atoms with Crippen molar-refractivity contribution in [2.24, 2.45) is 0 Å². The molecule has 0 radical (unpaired) electrons. The molecule has 0 saturated heterocycles. The molecule has 7 heteroatoms. The second-order valence-electron chi connectivity index (χ2n) is 3.28. The molecule has 1 rings (SSSR count). The normalized spacial score (nSPS) is 11.2. The predicted molar refractivity (Wildman–Crippen MR) is 78.5 cm³/mol. The number of hydrogen-bond acceptors (Lipinski definition) is 5. The zero-order valence-corrected chi connectivity index (χ0v) is 11.2. The van der Waals surface area contributed by atoms with Crippen molar-refractivity contribution in [1.29, 1.82) is 0 Å². The van der Waals surface area contributed by atoms with Crippen LogP contribution in [0, 0.1) is 0 Å². The molecule has 0 atom stereocenters. The first kappa shape index (κ1) is 17.8. The Balaban J connectivity index is 0.00000256. The van der Waals surface area contributed by atoms with Gasteiger partial charge in [0.15, 0.2) is 0 Å². The SMILES string of the molecule is O=S(=O)(CCC(S)S)OCc1ccccc1.[NaH]. The Labute approximate surface area is 136 Å². The molecule has 1 aromatic rings. The van der Waals surface area contributed by atoms with Gasteiger partial charge in [0.05, 0.1) is 12.4 Å². The zero-order chi connectivity index (χ0) is 12.0. The second kappa shape index (κ2) is 8.85. The summed E-state index contributed by atoms with van der Waals surface area (Å²) in [6.07, 6.45) is 0.364. The third-order valence-electron chi connectivity index (χ3n) is 1.87. The standard InChI is InChI=1S/C10H14O3S3.Na.H/c11-16(12,7-6-10(14)15)13-8-9-4-2-1-3-5-9;;/h1-5,10,14-15H,6-8H2;;. The van der Waals surface area contributed by atoms with Crippen molar-refractivity contribution < 1.29 is 12.6 Å². The molecule has 0 N–H and O–H groups in total. The molecule has 0 aliphatic carbocycles. The maximum absolute atomic E-state index is 11.4. The molecule has 0 aliphatic rings. The van der Waals surface area contributed by atoms with Gasteiger partial charge in [0, 0.05) is 4.58 Å². The molecule has 0 fully saturated rings. The quantitative estimate of drug-likeness (QED) is 0.362. The molecule has 92 valence electrons. The van der Waals surface area contributed by atoms with Crippen LogP contribution in [-0.2, 0) is 20.9 Å². The van der Waals surface area contributed by atoms with E-state index in [1.54, 1.807) is 0 Å². The van der Waals surface area contributed by atoms with Gasteiger partial charge in [0.2, 0.25) is 0 Å². The molecule has 17 heavy (non-hydrogen) atoms. The molecule has 0 saturated carbocycles. The summed E-state index contributed by atoms with van der Waals surface area (Å²) in [4.78, 5) is 0. The fourth-order valence-electron chi connectivity index (χ4n) is 1.04. The predicted octanol–water partition coefficient (Wildman–Crippen LogP) is 1.46. The fraction of sp³-hybridized carbons (Fsp3) is 0.400. The number of hydrogen-bond donors (Lipinski definition) is 2. The molecule has 0 aromatic heterocycles. The molecule has 0 heterocycles. The van der Waals surface area contributed by atoms with Crippen molar-refractivity contribution in [3.05, 3.63) is 35.9 Å². The third kappa shape index (κ3) is 8.53. The summed E-state index contributed by atoms with van der Waals surface area (Å²) in [6.45, 7) is 0.0764. The molecule has 3 nitrogen and oxygen atoms in total. The molecule has 0 amide bonds. The fourth-order valence-corrected chi connectivity index (χ4v) is 2.61. The zero-order valence-electron chi connectivity index (χ0n) is 8.61. The van der Waals surface area contributed by atoms with Gasteiger partial charge >= 0.3 is 29.6 Å². The van der Waals surface area contributed by atoms with Crippen LogP contribution in [0.4, 0.5) is 0 Å². The summed E-state index contributed by atoms with van der Waals surface area (Å²) in [5.74, 6) is -0.0580. The van der Waals surface area contributed by atoms with Crippen LogP contribution < -0.4 is 0 Å². The topological polar surface area (TPSA) is 43.4 Å². The summed E-state index contributed by atoms with van der Waals surface area (Å²) in [5, 5.41) is 0. The first-order valence-electron chi connectivity index (χ1n) is 4.77. The van der Waals surface area contributed by atoms with Crippen molar-refractivity contribution in [3.8, 4) is 0 Å². The molecule has 1 aromatic carbocycles. The Morgan fingerprint density at radius 3 is 2.29 bits per heavy atom. The minimum atomic E-state index is -3.47. The average Bonchev–Trinajstić information content (AvgIpc) is 2.26. The Kier molecular flexibility index (Phi) is 9.28. The molecule has 0 bridgehead atoms. The Morgan fingerprint density at radius 1 is 1.18 bits per heavy atom. The van der Waals surface area contributed by atoms with Crippen LogP contribution in [0.15, 0.2) is 30.3 Å². The van der Waals surface area contributed by atoms with Crippen molar-refractivity contribution in [1.82, 2.24) is 0 Å². The Morgan fingerprint density at radius 2 is 1.76 bits per heavy atom. The van der Waals surface area contributed by atoms with Crippen LogP contribution in [0.2, 0.25) is 0 Å². The van der Waals surface area contributed by atoms with Gasteiger partial charge in [0.1, 0.15) is 0 Å². The van der Waals surface area contributed by atoms with E-state index in [0.717, 1.165) is 5.56 Å². The van der Waals surface area contributed by atoms with E-state index in [-0.39, 0.29) is 46.5 Å². The Hall–Kier alpha value is 0.830. The molecule has 0 aliphatic heterocycles. The van der Waals surface area contributed by atoms with Gasteiger partial charge < -0.3 is 0 Å². The van der Waals surface area contributed by atoms with E-state index < -0.39 is 10.1 Å². The minimum absolute atomic E-state index is 0. The third-order valence-corrected chi connectivity index (χ3v) is 3.60. The van der Waals surface area contributed by atoms with Crippen molar-refractivity contribution in [3.63, 3.8) is 0 Å². The summed E-state index contributed by atoms with van der Waals surface area (Å²) in [7, 11) is -3.47. The van der Waals surface area contributed by atoms with E-state index in [1.807, 2.05) is 30.3 Å².